The smallest absolute Gasteiger partial charge is 0.261 e. The van der Waals surface area contributed by atoms with Crippen molar-refractivity contribution in [2.45, 2.75) is 11.8 Å². The fourth-order valence-corrected chi connectivity index (χ4v) is 4.09. The Hall–Kier alpha value is -3.50. The molecular formula is C19H15ClN6O3S. The summed E-state index contributed by atoms with van der Waals surface area (Å²) >= 11 is 6.15. The molecular weight excluding hydrogens is 428 g/mol. The predicted octanol–water partition coefficient (Wildman–Crippen LogP) is 3.47. The van der Waals surface area contributed by atoms with Crippen LogP contribution in [-0.4, -0.2) is 39.3 Å². The summed E-state index contributed by atoms with van der Waals surface area (Å²) in [7, 11) is -3.91. The van der Waals surface area contributed by atoms with Crippen molar-refractivity contribution < 1.29 is 13.6 Å². The molecule has 11 heteroatoms. The van der Waals surface area contributed by atoms with Crippen LogP contribution in [0.5, 0.6) is 0 Å². The molecule has 0 radical (unpaired) electrons. The first kappa shape index (κ1) is 19.8. The number of sulfonamides is 1. The molecule has 0 aliphatic heterocycles. The molecule has 0 saturated heterocycles. The minimum atomic E-state index is -3.91. The quantitative estimate of drug-likeness (QED) is 0.277. The molecule has 0 aliphatic rings. The summed E-state index contributed by atoms with van der Waals surface area (Å²) in [6, 6.07) is 14.2. The van der Waals surface area contributed by atoms with E-state index in [4.69, 9.17) is 16.8 Å². The lowest BCUT2D eigenvalue weighted by Gasteiger charge is -2.13. The van der Waals surface area contributed by atoms with Crippen molar-refractivity contribution in [3.8, 4) is 5.69 Å². The standard InChI is InChI=1S/C19H15ClN6O3S/c1-12(23-27)13-4-7-15(8-5-13)30(28,29)24-16-9-6-14(20)11-18(16)26-17-3-2-10-21-19(17)22-25-26/h2-11,24,27H,1H3/b23-12-. The Bertz CT molecular complexity index is 1370. The minimum Gasteiger partial charge on any atom is -0.411 e. The van der Waals surface area contributed by atoms with Gasteiger partial charge in [-0.1, -0.05) is 34.1 Å². The second-order valence-electron chi connectivity index (χ2n) is 6.32. The van der Waals surface area contributed by atoms with E-state index in [1.54, 1.807) is 55.6 Å². The largest absolute Gasteiger partial charge is 0.411 e. The Morgan fingerprint density at radius 2 is 1.93 bits per heavy atom. The maximum absolute atomic E-state index is 12.9. The lowest BCUT2D eigenvalue weighted by Crippen LogP contribution is -2.15. The number of benzene rings is 2. The van der Waals surface area contributed by atoms with Crippen LogP contribution in [-0.2, 0) is 10.0 Å². The average Bonchev–Trinajstić information content (AvgIpc) is 3.18. The third-order valence-electron chi connectivity index (χ3n) is 4.39. The highest BCUT2D eigenvalue weighted by atomic mass is 35.5. The molecule has 4 aromatic rings. The molecule has 9 nitrogen and oxygen atoms in total. The molecule has 2 N–H and O–H groups in total. The highest BCUT2D eigenvalue weighted by Crippen LogP contribution is 2.28. The first-order valence-electron chi connectivity index (χ1n) is 8.67. The Kier molecular flexibility index (Phi) is 5.10. The lowest BCUT2D eigenvalue weighted by molar-refractivity contribution is 0.319. The van der Waals surface area contributed by atoms with Crippen LogP contribution in [0.15, 0.2) is 70.8 Å². The summed E-state index contributed by atoms with van der Waals surface area (Å²) in [6.45, 7) is 1.61. The summed E-state index contributed by atoms with van der Waals surface area (Å²) < 4.78 is 29.9. The molecule has 2 aromatic heterocycles. The monoisotopic (exact) mass is 442 g/mol. The summed E-state index contributed by atoms with van der Waals surface area (Å²) in [4.78, 5) is 4.18. The summed E-state index contributed by atoms with van der Waals surface area (Å²) in [6.07, 6.45) is 1.59. The topological polar surface area (TPSA) is 122 Å². The molecule has 0 saturated carbocycles. The number of anilines is 1. The molecule has 0 atom stereocenters. The van der Waals surface area contributed by atoms with Gasteiger partial charge in [0.1, 0.15) is 5.52 Å². The molecule has 152 valence electrons. The number of hydrogen-bond acceptors (Lipinski definition) is 7. The molecule has 0 spiro atoms. The van der Waals surface area contributed by atoms with Crippen LogP contribution < -0.4 is 4.72 Å². The molecule has 0 aliphatic carbocycles. The molecule has 0 unspecified atom stereocenters. The van der Waals surface area contributed by atoms with Gasteiger partial charge in [0.25, 0.3) is 10.0 Å². The van der Waals surface area contributed by atoms with Crippen molar-refractivity contribution in [1.29, 1.82) is 0 Å². The van der Waals surface area contributed by atoms with Gasteiger partial charge in [0.15, 0.2) is 0 Å². The highest BCUT2D eigenvalue weighted by Gasteiger charge is 2.19. The number of nitrogens with one attached hydrogen (secondary N) is 1. The number of hydrogen-bond donors (Lipinski definition) is 2. The van der Waals surface area contributed by atoms with Crippen molar-refractivity contribution in [1.82, 2.24) is 20.0 Å². The fraction of sp³-hybridized carbons (Fsp3) is 0.0526. The SMILES string of the molecule is C/C(=N/O)c1ccc(S(=O)(=O)Nc2ccc(Cl)cc2-n2nnc3ncccc32)cc1. The number of aromatic nitrogens is 4. The van der Waals surface area contributed by atoms with Crippen LogP contribution >= 0.6 is 11.6 Å². The van der Waals surface area contributed by atoms with Gasteiger partial charge in [-0.3, -0.25) is 4.72 Å². The number of oxime groups is 1. The van der Waals surface area contributed by atoms with E-state index < -0.39 is 10.0 Å². The van der Waals surface area contributed by atoms with E-state index in [0.717, 1.165) is 0 Å². The first-order chi connectivity index (χ1) is 14.4. The second-order valence-corrected chi connectivity index (χ2v) is 8.44. The number of nitrogens with zero attached hydrogens (tertiary/aromatic N) is 5. The van der Waals surface area contributed by atoms with E-state index in [1.807, 2.05) is 0 Å². The van der Waals surface area contributed by atoms with Gasteiger partial charge in [0.2, 0.25) is 5.65 Å². The Labute approximate surface area is 176 Å². The van der Waals surface area contributed by atoms with Crippen LogP contribution in [0, 0.1) is 0 Å². The van der Waals surface area contributed by atoms with E-state index in [9.17, 15) is 8.42 Å². The zero-order valence-electron chi connectivity index (χ0n) is 15.6. The number of pyridine rings is 1. The predicted molar refractivity (Wildman–Crippen MR) is 113 cm³/mol. The van der Waals surface area contributed by atoms with Crippen molar-refractivity contribution in [2.24, 2.45) is 5.16 Å². The highest BCUT2D eigenvalue weighted by molar-refractivity contribution is 7.92. The number of halogens is 1. The molecule has 0 amide bonds. The van der Waals surface area contributed by atoms with E-state index >= 15 is 0 Å². The van der Waals surface area contributed by atoms with Gasteiger partial charge in [0.05, 0.1) is 22.0 Å². The van der Waals surface area contributed by atoms with Crippen molar-refractivity contribution in [3.63, 3.8) is 0 Å². The number of rotatable bonds is 5. The molecule has 30 heavy (non-hydrogen) atoms. The van der Waals surface area contributed by atoms with Crippen molar-refractivity contribution in [2.75, 3.05) is 4.72 Å². The van der Waals surface area contributed by atoms with Crippen LogP contribution in [0.3, 0.4) is 0 Å². The molecule has 0 fully saturated rings. The zero-order valence-corrected chi connectivity index (χ0v) is 17.1. The average molecular weight is 443 g/mol. The lowest BCUT2D eigenvalue weighted by atomic mass is 10.1. The second kappa shape index (κ2) is 7.73. The van der Waals surface area contributed by atoms with Crippen LogP contribution in [0.2, 0.25) is 5.02 Å². The molecule has 0 bridgehead atoms. The minimum absolute atomic E-state index is 0.0444. The van der Waals surface area contributed by atoms with Crippen LogP contribution in [0.1, 0.15) is 12.5 Å². The summed E-state index contributed by atoms with van der Waals surface area (Å²) in [5.74, 6) is 0. The van der Waals surface area contributed by atoms with Gasteiger partial charge in [-0.05, 0) is 55.0 Å². The van der Waals surface area contributed by atoms with Crippen LogP contribution in [0.25, 0.3) is 16.9 Å². The van der Waals surface area contributed by atoms with E-state index in [1.165, 1.54) is 16.8 Å². The van der Waals surface area contributed by atoms with Crippen molar-refractivity contribution in [3.05, 3.63) is 71.4 Å². The van der Waals surface area contributed by atoms with Gasteiger partial charge in [-0.15, -0.1) is 5.10 Å². The summed E-state index contributed by atoms with van der Waals surface area (Å²) in [5, 5.41) is 20.5. The molecule has 2 heterocycles. The van der Waals surface area contributed by atoms with Gasteiger partial charge in [-0.25, -0.2) is 18.1 Å². The third kappa shape index (κ3) is 3.70. The molecule has 2 aromatic carbocycles. The van der Waals surface area contributed by atoms with E-state index in [0.29, 0.717) is 33.1 Å². The van der Waals surface area contributed by atoms with Crippen LogP contribution in [0.4, 0.5) is 5.69 Å². The van der Waals surface area contributed by atoms with Gasteiger partial charge >= 0.3 is 0 Å². The van der Waals surface area contributed by atoms with Gasteiger partial charge in [0, 0.05) is 11.2 Å². The van der Waals surface area contributed by atoms with Gasteiger partial charge < -0.3 is 5.21 Å². The van der Waals surface area contributed by atoms with E-state index in [2.05, 4.69) is 25.2 Å². The Morgan fingerprint density at radius 1 is 1.17 bits per heavy atom. The fourth-order valence-electron chi connectivity index (χ4n) is 2.85. The summed E-state index contributed by atoms with van der Waals surface area (Å²) in [5.41, 5.74) is 2.67. The van der Waals surface area contributed by atoms with Gasteiger partial charge in [-0.2, -0.15) is 0 Å². The van der Waals surface area contributed by atoms with Crippen molar-refractivity contribution >= 4 is 44.2 Å². The van der Waals surface area contributed by atoms with E-state index in [-0.39, 0.29) is 10.6 Å². The maximum atomic E-state index is 12.9. The number of fused-ring (bicyclic) bond motifs is 1. The Balaban J connectivity index is 1.75. The normalized spacial score (nSPS) is 12.3. The Morgan fingerprint density at radius 3 is 2.67 bits per heavy atom. The third-order valence-corrected chi connectivity index (χ3v) is 6.00. The maximum Gasteiger partial charge on any atom is 0.261 e. The zero-order chi connectivity index (χ0) is 21.3. The first-order valence-corrected chi connectivity index (χ1v) is 10.5. The molecule has 4 rings (SSSR count).